The lowest BCUT2D eigenvalue weighted by molar-refractivity contribution is -0.138. The number of rotatable bonds is 5. The minimum atomic E-state index is -1.09. The van der Waals surface area contributed by atoms with Crippen molar-refractivity contribution >= 4 is 11.9 Å². The molecule has 2 atom stereocenters. The van der Waals surface area contributed by atoms with Gasteiger partial charge in [-0.2, -0.15) is 0 Å². The number of aromatic nitrogens is 1. The maximum atomic E-state index is 11.9. The first-order valence-corrected chi connectivity index (χ1v) is 6.30. The van der Waals surface area contributed by atoms with Gasteiger partial charge < -0.3 is 19.9 Å². The van der Waals surface area contributed by atoms with Gasteiger partial charge in [-0.1, -0.05) is 0 Å². The van der Waals surface area contributed by atoms with Gasteiger partial charge in [-0.05, 0) is 13.0 Å². The Morgan fingerprint density at radius 1 is 1.60 bits per heavy atom. The summed E-state index contributed by atoms with van der Waals surface area (Å²) in [6, 6.07) is 2.03. The Labute approximate surface area is 115 Å². The Bertz CT molecular complexity index is 499. The van der Waals surface area contributed by atoms with Gasteiger partial charge in [0.2, 0.25) is 5.88 Å². The molecule has 1 aromatic rings. The van der Waals surface area contributed by atoms with Crippen molar-refractivity contribution in [2.45, 2.75) is 25.5 Å². The summed E-state index contributed by atoms with van der Waals surface area (Å²) >= 11 is 0. The number of hydrogen-bond donors (Lipinski definition) is 2. The van der Waals surface area contributed by atoms with Crippen LogP contribution in [-0.4, -0.2) is 47.3 Å². The van der Waals surface area contributed by atoms with E-state index in [1.54, 1.807) is 0 Å². The van der Waals surface area contributed by atoms with E-state index < -0.39 is 17.9 Å². The number of carboxylic acid groups (broad SMARTS) is 1. The van der Waals surface area contributed by atoms with E-state index in [1.807, 2.05) is 0 Å². The van der Waals surface area contributed by atoms with Crippen LogP contribution in [0.2, 0.25) is 0 Å². The van der Waals surface area contributed by atoms with E-state index in [0.29, 0.717) is 24.7 Å². The SMILES string of the molecule is C[C@@H](NC(=O)c1ccnc(OC2CCOC2)c1)C(=O)O. The van der Waals surface area contributed by atoms with Crippen LogP contribution in [0.25, 0.3) is 0 Å². The van der Waals surface area contributed by atoms with Crippen LogP contribution < -0.4 is 10.1 Å². The first-order valence-electron chi connectivity index (χ1n) is 6.30. The van der Waals surface area contributed by atoms with Gasteiger partial charge in [0, 0.05) is 24.2 Å². The molecule has 1 fully saturated rings. The third-order valence-corrected chi connectivity index (χ3v) is 2.89. The molecule has 0 aliphatic carbocycles. The van der Waals surface area contributed by atoms with Gasteiger partial charge in [-0.25, -0.2) is 4.98 Å². The number of pyridine rings is 1. The molecule has 0 spiro atoms. The molecular formula is C13H16N2O5. The number of amides is 1. The van der Waals surface area contributed by atoms with E-state index in [2.05, 4.69) is 10.3 Å². The highest BCUT2D eigenvalue weighted by Gasteiger charge is 2.19. The summed E-state index contributed by atoms with van der Waals surface area (Å²) in [7, 11) is 0. The number of hydrogen-bond acceptors (Lipinski definition) is 5. The maximum Gasteiger partial charge on any atom is 0.325 e. The fourth-order valence-electron chi connectivity index (χ4n) is 1.73. The van der Waals surface area contributed by atoms with Gasteiger partial charge in [0.15, 0.2) is 0 Å². The lowest BCUT2D eigenvalue weighted by atomic mass is 10.2. The molecule has 2 N–H and O–H groups in total. The molecular weight excluding hydrogens is 264 g/mol. The van der Waals surface area contributed by atoms with Crippen molar-refractivity contribution < 1.29 is 24.2 Å². The number of aliphatic carboxylic acids is 1. The van der Waals surface area contributed by atoms with E-state index in [4.69, 9.17) is 14.6 Å². The summed E-state index contributed by atoms with van der Waals surface area (Å²) in [5.74, 6) is -1.24. The highest BCUT2D eigenvalue weighted by molar-refractivity contribution is 5.96. The standard InChI is InChI=1S/C13H16N2O5/c1-8(13(17)18)15-12(16)9-2-4-14-11(6-9)20-10-3-5-19-7-10/h2,4,6,8,10H,3,5,7H2,1H3,(H,15,16)(H,17,18)/t8-,10?/m1/s1. The largest absolute Gasteiger partial charge is 0.480 e. The summed E-state index contributed by atoms with van der Waals surface area (Å²) in [6.45, 7) is 2.56. The molecule has 1 aliphatic heterocycles. The minimum absolute atomic E-state index is 0.0567. The van der Waals surface area contributed by atoms with Gasteiger partial charge in [-0.3, -0.25) is 9.59 Å². The summed E-state index contributed by atoms with van der Waals surface area (Å²) in [4.78, 5) is 26.6. The smallest absolute Gasteiger partial charge is 0.325 e. The molecule has 0 bridgehead atoms. The van der Waals surface area contributed by atoms with Crippen molar-refractivity contribution in [3.8, 4) is 5.88 Å². The third-order valence-electron chi connectivity index (χ3n) is 2.89. The molecule has 0 aromatic carbocycles. The van der Waals surface area contributed by atoms with Crippen molar-refractivity contribution in [3.05, 3.63) is 23.9 Å². The van der Waals surface area contributed by atoms with Crippen LogP contribution in [0.3, 0.4) is 0 Å². The quantitative estimate of drug-likeness (QED) is 0.812. The first kappa shape index (κ1) is 14.3. The number of nitrogens with zero attached hydrogens (tertiary/aromatic N) is 1. The normalized spacial score (nSPS) is 19.4. The highest BCUT2D eigenvalue weighted by atomic mass is 16.5. The molecule has 2 heterocycles. The van der Waals surface area contributed by atoms with Crippen LogP contribution in [0.5, 0.6) is 5.88 Å². The summed E-state index contributed by atoms with van der Waals surface area (Å²) in [5, 5.41) is 11.1. The Hall–Kier alpha value is -2.15. The van der Waals surface area contributed by atoms with E-state index in [0.717, 1.165) is 6.42 Å². The van der Waals surface area contributed by atoms with Crippen LogP contribution in [0.1, 0.15) is 23.7 Å². The molecule has 0 saturated carbocycles. The number of nitrogens with one attached hydrogen (secondary N) is 1. The maximum absolute atomic E-state index is 11.9. The number of ether oxygens (including phenoxy) is 2. The zero-order chi connectivity index (χ0) is 14.5. The van der Waals surface area contributed by atoms with Crippen LogP contribution in [0.15, 0.2) is 18.3 Å². The van der Waals surface area contributed by atoms with E-state index in [1.165, 1.54) is 25.3 Å². The van der Waals surface area contributed by atoms with Crippen LogP contribution >= 0.6 is 0 Å². The lowest BCUT2D eigenvalue weighted by Gasteiger charge is -2.12. The topological polar surface area (TPSA) is 97.8 Å². The fraction of sp³-hybridized carbons (Fsp3) is 0.462. The molecule has 1 unspecified atom stereocenters. The molecule has 1 aromatic heterocycles. The molecule has 108 valence electrons. The van der Waals surface area contributed by atoms with E-state index >= 15 is 0 Å². The van der Waals surface area contributed by atoms with Gasteiger partial charge in [0.05, 0.1) is 13.2 Å². The third kappa shape index (κ3) is 3.67. The molecule has 1 saturated heterocycles. The molecule has 7 nitrogen and oxygen atoms in total. The minimum Gasteiger partial charge on any atom is -0.480 e. The second-order valence-corrected chi connectivity index (χ2v) is 4.52. The Kier molecular flexibility index (Phi) is 4.52. The average molecular weight is 280 g/mol. The molecule has 0 radical (unpaired) electrons. The van der Waals surface area contributed by atoms with Gasteiger partial charge >= 0.3 is 5.97 Å². The van der Waals surface area contributed by atoms with Crippen molar-refractivity contribution in [2.24, 2.45) is 0 Å². The van der Waals surface area contributed by atoms with Gasteiger partial charge in [0.25, 0.3) is 5.91 Å². The number of carbonyl (C=O) groups excluding carboxylic acids is 1. The number of carboxylic acids is 1. The zero-order valence-electron chi connectivity index (χ0n) is 11.0. The summed E-state index contributed by atoms with van der Waals surface area (Å²) in [6.07, 6.45) is 2.18. The highest BCUT2D eigenvalue weighted by Crippen LogP contribution is 2.15. The second kappa shape index (κ2) is 6.33. The van der Waals surface area contributed by atoms with Gasteiger partial charge in [-0.15, -0.1) is 0 Å². The second-order valence-electron chi connectivity index (χ2n) is 4.52. The lowest BCUT2D eigenvalue weighted by Crippen LogP contribution is -2.38. The van der Waals surface area contributed by atoms with E-state index in [-0.39, 0.29) is 6.10 Å². The van der Waals surface area contributed by atoms with Crippen molar-refractivity contribution in [2.75, 3.05) is 13.2 Å². The Morgan fingerprint density at radius 3 is 3.05 bits per heavy atom. The van der Waals surface area contributed by atoms with Crippen molar-refractivity contribution in [1.82, 2.24) is 10.3 Å². The van der Waals surface area contributed by atoms with Gasteiger partial charge in [0.1, 0.15) is 12.1 Å². The predicted molar refractivity (Wildman–Crippen MR) is 68.7 cm³/mol. The van der Waals surface area contributed by atoms with E-state index in [9.17, 15) is 9.59 Å². The first-order chi connectivity index (χ1) is 9.56. The Morgan fingerprint density at radius 2 is 2.40 bits per heavy atom. The molecule has 1 amide bonds. The van der Waals surface area contributed by atoms with Crippen LogP contribution in [0.4, 0.5) is 0 Å². The zero-order valence-corrected chi connectivity index (χ0v) is 11.0. The average Bonchev–Trinajstić information content (AvgIpc) is 2.91. The molecule has 2 rings (SSSR count). The van der Waals surface area contributed by atoms with Crippen LogP contribution in [-0.2, 0) is 9.53 Å². The Balaban J connectivity index is 2.01. The fourth-order valence-corrected chi connectivity index (χ4v) is 1.73. The summed E-state index contributed by atoms with van der Waals surface area (Å²) < 4.78 is 10.8. The molecule has 7 heteroatoms. The van der Waals surface area contributed by atoms with Crippen molar-refractivity contribution in [1.29, 1.82) is 0 Å². The molecule has 20 heavy (non-hydrogen) atoms. The number of carbonyl (C=O) groups is 2. The monoisotopic (exact) mass is 280 g/mol. The summed E-state index contributed by atoms with van der Waals surface area (Å²) in [5.41, 5.74) is 0.307. The van der Waals surface area contributed by atoms with Crippen molar-refractivity contribution in [3.63, 3.8) is 0 Å². The molecule has 1 aliphatic rings. The predicted octanol–water partition coefficient (Wildman–Crippen LogP) is 0.452. The van der Waals surface area contributed by atoms with Crippen LogP contribution in [0, 0.1) is 0 Å².